The highest BCUT2D eigenvalue weighted by atomic mass is 16.5. The molecule has 2 aliphatic heterocycles. The number of nitrogens with one attached hydrogen (secondary N) is 3. The minimum absolute atomic E-state index is 0.0108. The fraction of sp³-hybridized carbons (Fsp3) is 0.357. The quantitative estimate of drug-likeness (QED) is 0.319. The van der Waals surface area contributed by atoms with Crippen molar-refractivity contribution in [2.45, 2.75) is 19.4 Å². The minimum atomic E-state index is -0.0465. The molecule has 3 N–H and O–H groups in total. The van der Waals surface area contributed by atoms with E-state index >= 15 is 0 Å². The summed E-state index contributed by atoms with van der Waals surface area (Å²) in [4.78, 5) is 31.8. The molecule has 1 aromatic carbocycles. The molecular weight excluding hydrogens is 466 g/mol. The van der Waals surface area contributed by atoms with Gasteiger partial charge in [0.15, 0.2) is 0 Å². The molecule has 6 rings (SSSR count). The van der Waals surface area contributed by atoms with Crippen molar-refractivity contribution < 1.29 is 9.53 Å². The van der Waals surface area contributed by atoms with Gasteiger partial charge in [0.1, 0.15) is 6.10 Å². The minimum Gasteiger partial charge on any atom is -0.459 e. The summed E-state index contributed by atoms with van der Waals surface area (Å²) in [5, 5.41) is 7.67. The molecule has 0 aliphatic carbocycles. The first-order chi connectivity index (χ1) is 18.1. The van der Waals surface area contributed by atoms with Gasteiger partial charge >= 0.3 is 5.97 Å². The number of esters is 1. The summed E-state index contributed by atoms with van der Waals surface area (Å²) in [7, 11) is 0. The molecule has 9 nitrogen and oxygen atoms in total. The Hall–Kier alpha value is -3.82. The maximum atomic E-state index is 12.3. The molecule has 2 aliphatic rings. The van der Waals surface area contributed by atoms with Crippen molar-refractivity contribution in [2.75, 3.05) is 44.6 Å². The molecule has 0 spiro atoms. The number of imidazole rings is 1. The zero-order valence-electron chi connectivity index (χ0n) is 20.9. The first-order valence-electron chi connectivity index (χ1n) is 12.9. The zero-order valence-corrected chi connectivity index (χ0v) is 20.9. The number of benzene rings is 1. The fourth-order valence-electron chi connectivity index (χ4n) is 4.96. The first-order valence-corrected chi connectivity index (χ1v) is 12.9. The Balaban J connectivity index is 1.09. The summed E-state index contributed by atoms with van der Waals surface area (Å²) in [5.41, 5.74) is 6.53. The number of hydrogen-bond acceptors (Lipinski definition) is 8. The third-order valence-corrected chi connectivity index (χ3v) is 7.13. The van der Waals surface area contributed by atoms with E-state index in [0.717, 1.165) is 90.6 Å². The second-order valence-corrected chi connectivity index (χ2v) is 9.85. The smallest absolute Gasteiger partial charge is 0.310 e. The lowest BCUT2D eigenvalue weighted by atomic mass is 10.0. The van der Waals surface area contributed by atoms with Crippen molar-refractivity contribution in [3.63, 3.8) is 0 Å². The molecule has 190 valence electrons. The van der Waals surface area contributed by atoms with Crippen LogP contribution in [-0.2, 0) is 9.53 Å². The number of anilines is 1. The van der Waals surface area contributed by atoms with E-state index in [1.165, 1.54) is 0 Å². The van der Waals surface area contributed by atoms with Crippen LogP contribution in [0.25, 0.3) is 33.5 Å². The molecule has 37 heavy (non-hydrogen) atoms. The SMILES string of the molecule is Cc1cccc(-c2[nH]cnc2-c2ccc3ncc(NCCN4CCC(C(=O)OC5CNC5)C4)cc3c2)n1. The lowest BCUT2D eigenvalue weighted by Crippen LogP contribution is -2.50. The normalized spacial score (nSPS) is 18.1. The van der Waals surface area contributed by atoms with Crippen LogP contribution in [0.5, 0.6) is 0 Å². The second kappa shape index (κ2) is 10.3. The summed E-state index contributed by atoms with van der Waals surface area (Å²) in [6.45, 7) is 6.88. The van der Waals surface area contributed by atoms with E-state index in [-0.39, 0.29) is 18.0 Å². The average Bonchev–Trinajstić information content (AvgIpc) is 3.56. The van der Waals surface area contributed by atoms with Crippen molar-refractivity contribution in [1.29, 1.82) is 0 Å². The van der Waals surface area contributed by atoms with Crippen LogP contribution in [0.2, 0.25) is 0 Å². The number of aryl methyl sites for hydroxylation is 1. The van der Waals surface area contributed by atoms with Gasteiger partial charge in [-0.25, -0.2) is 4.98 Å². The van der Waals surface area contributed by atoms with Gasteiger partial charge in [0.25, 0.3) is 0 Å². The molecule has 1 atom stereocenters. The lowest BCUT2D eigenvalue weighted by molar-refractivity contribution is -0.155. The van der Waals surface area contributed by atoms with Crippen LogP contribution >= 0.6 is 0 Å². The maximum absolute atomic E-state index is 12.3. The Bertz CT molecular complexity index is 1410. The van der Waals surface area contributed by atoms with Gasteiger partial charge < -0.3 is 25.3 Å². The average molecular weight is 498 g/mol. The van der Waals surface area contributed by atoms with E-state index in [2.05, 4.69) is 47.6 Å². The molecule has 9 heteroatoms. The summed E-state index contributed by atoms with van der Waals surface area (Å²) in [6.07, 6.45) is 4.51. The van der Waals surface area contributed by atoms with Crippen molar-refractivity contribution in [3.05, 3.63) is 60.7 Å². The van der Waals surface area contributed by atoms with Gasteiger partial charge in [0, 0.05) is 49.4 Å². The number of likely N-dealkylation sites (tertiary alicyclic amines) is 1. The van der Waals surface area contributed by atoms with Crippen LogP contribution in [0, 0.1) is 12.8 Å². The summed E-state index contributed by atoms with van der Waals surface area (Å²) < 4.78 is 5.55. The summed E-state index contributed by atoms with van der Waals surface area (Å²) in [6, 6.07) is 14.3. The third kappa shape index (κ3) is 5.19. The van der Waals surface area contributed by atoms with E-state index in [1.807, 2.05) is 43.5 Å². The fourth-order valence-corrected chi connectivity index (χ4v) is 4.96. The van der Waals surface area contributed by atoms with Crippen LogP contribution in [0.4, 0.5) is 5.69 Å². The molecule has 0 bridgehead atoms. The van der Waals surface area contributed by atoms with Crippen LogP contribution < -0.4 is 10.6 Å². The highest BCUT2D eigenvalue weighted by Gasteiger charge is 2.32. The second-order valence-electron chi connectivity index (χ2n) is 9.85. The van der Waals surface area contributed by atoms with Gasteiger partial charge in [0.05, 0.1) is 46.7 Å². The number of aromatic nitrogens is 4. The van der Waals surface area contributed by atoms with Gasteiger partial charge in [-0.1, -0.05) is 12.1 Å². The lowest BCUT2D eigenvalue weighted by Gasteiger charge is -2.27. The number of pyridine rings is 2. The number of nitrogens with zero attached hydrogens (tertiary/aromatic N) is 4. The van der Waals surface area contributed by atoms with E-state index < -0.39 is 0 Å². The van der Waals surface area contributed by atoms with Crippen LogP contribution in [-0.4, -0.2) is 76.2 Å². The van der Waals surface area contributed by atoms with Crippen LogP contribution in [0.3, 0.4) is 0 Å². The van der Waals surface area contributed by atoms with Crippen molar-refractivity contribution in [3.8, 4) is 22.6 Å². The number of carbonyl (C=O) groups is 1. The van der Waals surface area contributed by atoms with Crippen LogP contribution in [0.1, 0.15) is 12.1 Å². The van der Waals surface area contributed by atoms with E-state index in [4.69, 9.17) is 4.74 Å². The monoisotopic (exact) mass is 497 g/mol. The third-order valence-electron chi connectivity index (χ3n) is 7.13. The Morgan fingerprint density at radius 2 is 2.11 bits per heavy atom. The standard InChI is InChI=1S/C28H31N7O2/c1-18-3-2-4-25(34-18)27-26(32-17-33-27)19-5-6-24-21(11-19)12-22(13-31-24)30-8-10-35-9-7-20(16-35)28(36)37-23-14-29-15-23/h2-6,11-13,17,20,23,29-30H,7-10,14-16H2,1H3,(H,32,33). The van der Waals surface area contributed by atoms with Gasteiger partial charge in [-0.15, -0.1) is 0 Å². The first kappa shape index (κ1) is 23.6. The number of carbonyl (C=O) groups excluding carboxylic acids is 1. The molecule has 4 aromatic rings. The number of rotatable bonds is 8. The van der Waals surface area contributed by atoms with Gasteiger partial charge in [-0.05, 0) is 50.2 Å². The number of fused-ring (bicyclic) bond motifs is 1. The summed E-state index contributed by atoms with van der Waals surface area (Å²) in [5.74, 6) is -0.0574. The number of ether oxygens (including phenoxy) is 1. The van der Waals surface area contributed by atoms with Crippen LogP contribution in [0.15, 0.2) is 55.0 Å². The number of hydrogen-bond donors (Lipinski definition) is 3. The Kier molecular flexibility index (Phi) is 6.55. The Labute approximate surface area is 215 Å². The molecule has 0 radical (unpaired) electrons. The van der Waals surface area contributed by atoms with Crippen molar-refractivity contribution in [1.82, 2.24) is 30.2 Å². The number of H-pyrrole nitrogens is 1. The number of aromatic amines is 1. The van der Waals surface area contributed by atoms with Crippen molar-refractivity contribution >= 4 is 22.6 Å². The molecule has 3 aromatic heterocycles. The topological polar surface area (TPSA) is 108 Å². The predicted molar refractivity (Wildman–Crippen MR) is 143 cm³/mol. The zero-order chi connectivity index (χ0) is 25.2. The highest BCUT2D eigenvalue weighted by molar-refractivity contribution is 5.88. The van der Waals surface area contributed by atoms with E-state index in [9.17, 15) is 4.79 Å². The molecular formula is C28H31N7O2. The largest absolute Gasteiger partial charge is 0.459 e. The molecule has 2 fully saturated rings. The van der Waals surface area contributed by atoms with Gasteiger partial charge in [-0.2, -0.15) is 0 Å². The molecule has 1 unspecified atom stereocenters. The van der Waals surface area contributed by atoms with Crippen molar-refractivity contribution in [2.24, 2.45) is 5.92 Å². The van der Waals surface area contributed by atoms with Gasteiger partial charge in [-0.3, -0.25) is 14.8 Å². The van der Waals surface area contributed by atoms with E-state index in [0.29, 0.717) is 0 Å². The molecule has 0 saturated carbocycles. The van der Waals surface area contributed by atoms with Gasteiger partial charge in [0.2, 0.25) is 0 Å². The maximum Gasteiger partial charge on any atom is 0.310 e. The highest BCUT2D eigenvalue weighted by Crippen LogP contribution is 2.30. The Morgan fingerprint density at radius 3 is 2.95 bits per heavy atom. The summed E-state index contributed by atoms with van der Waals surface area (Å²) >= 11 is 0. The molecule has 0 amide bonds. The molecule has 5 heterocycles. The predicted octanol–water partition coefficient (Wildman–Crippen LogP) is 3.24. The molecule has 2 saturated heterocycles. The Morgan fingerprint density at radius 1 is 1.19 bits per heavy atom. The van der Waals surface area contributed by atoms with E-state index in [1.54, 1.807) is 6.33 Å².